The zero-order valence-corrected chi connectivity index (χ0v) is 72.2. The van der Waals surface area contributed by atoms with Crippen LogP contribution in [0, 0.1) is 0 Å². The molecule has 0 bridgehead atoms. The van der Waals surface area contributed by atoms with E-state index in [1.165, 1.54) is 140 Å². The maximum atomic E-state index is 4.54. The van der Waals surface area contributed by atoms with Crippen LogP contribution in [0.25, 0.3) is 77.2 Å². The van der Waals surface area contributed by atoms with Crippen LogP contribution in [0.15, 0.2) is 376 Å². The highest BCUT2D eigenvalue weighted by Gasteiger charge is 2.47. The molecule has 2 aliphatic rings. The highest BCUT2D eigenvalue weighted by molar-refractivity contribution is 7.20. The second-order valence-corrected chi connectivity index (χ2v) is 45.0. The predicted octanol–water partition coefficient (Wildman–Crippen LogP) is 21.5. The number of para-hydroxylation sites is 2. The molecule has 2 aromatic heterocycles. The van der Waals surface area contributed by atoms with E-state index in [1.807, 2.05) is 0 Å². The van der Waals surface area contributed by atoms with E-state index in [-0.39, 0.29) is 28.4 Å². The van der Waals surface area contributed by atoms with Crippen LogP contribution in [0.2, 0.25) is 0 Å². The molecule has 7 heteroatoms. The Morgan fingerprint density at radius 1 is 0.252 bits per heavy atom. The Hall–Kier alpha value is -12.8. The molecule has 0 fully saturated rings. The van der Waals surface area contributed by atoms with E-state index in [4.69, 9.17) is 0 Å². The van der Waals surface area contributed by atoms with Gasteiger partial charge in [-0.15, -0.1) is 0 Å². The predicted molar refractivity (Wildman–Crippen MR) is 517 cm³/mol. The molecule has 4 heterocycles. The van der Waals surface area contributed by atoms with E-state index in [0.717, 1.165) is 45.4 Å². The van der Waals surface area contributed by atoms with Gasteiger partial charge in [0.2, 0.25) is 0 Å². The molecular formula is C112H99BN4Si2. The maximum Gasteiger partial charge on any atom is 0.252 e. The van der Waals surface area contributed by atoms with Gasteiger partial charge in [0.05, 0.1) is 27.8 Å². The number of nitrogens with one attached hydrogen (secondary N) is 1. The second kappa shape index (κ2) is 28.5. The molecule has 119 heavy (non-hydrogen) atoms. The molecule has 2 aliphatic heterocycles. The first kappa shape index (κ1) is 75.0. The van der Waals surface area contributed by atoms with Gasteiger partial charge in [0.1, 0.15) is 0 Å². The Labute approximate surface area is 703 Å². The number of benzene rings is 16. The third-order valence-corrected chi connectivity index (χ3v) is 35.5. The number of anilines is 5. The smallest absolute Gasteiger partial charge is 0.252 e. The fourth-order valence-corrected chi connectivity index (χ4v) is 29.5. The van der Waals surface area contributed by atoms with Gasteiger partial charge >= 0.3 is 0 Å². The molecule has 0 unspecified atom stereocenters. The van der Waals surface area contributed by atoms with E-state index in [9.17, 15) is 0 Å². The summed E-state index contributed by atoms with van der Waals surface area (Å²) in [7, 11) is -6.15. The van der Waals surface area contributed by atoms with Gasteiger partial charge in [-0.05, 0) is 203 Å². The molecule has 0 saturated carbocycles. The number of hydrogen-bond donors (Lipinski definition) is 1. The molecule has 16 aromatic carbocycles. The average molecular weight is 1570 g/mol. The summed E-state index contributed by atoms with van der Waals surface area (Å²) < 4.78 is 5.09. The standard InChI is InChI=1S/C112H99BN4Si2/c1-109(2,3)78-58-61-103-96(68-78)97-69-79(110(4,5)6)59-62-104(97)117(103)84-73-100-107-106(74-84)115(82-38-36-52-92(72-82)119(88-45-25-16-26-46-88,89-47-27-17-28-48-89)90-49-29-18-30-50-90)105-60-57-75(77-63-80(111(7,8)9)67-83(64-77)116-101-55-33-31-53-93(101)94-54-32-34-56-102(94)116)66-98(105)113(107)99-71-81(112(10,11)12)70-95(108(99)114-100)76-37-35-51-91(65-76)118(85-39-19-13-20-40-85,86-41-21-14-22-42-86)87-43-23-15-24-44-87/h13-74,114H,1-12H3. The van der Waals surface area contributed by atoms with Gasteiger partial charge in [-0.2, -0.15) is 0 Å². The Morgan fingerprint density at radius 2 is 0.664 bits per heavy atom. The lowest BCUT2D eigenvalue weighted by Gasteiger charge is -2.42. The number of nitrogens with zero attached hydrogens (tertiary/aromatic N) is 3. The normalized spacial score (nSPS) is 13.1. The number of hydrogen-bond acceptors (Lipinski definition) is 2. The van der Waals surface area contributed by atoms with Crippen LogP contribution in [-0.4, -0.2) is 32.0 Å². The number of aromatic nitrogens is 2. The van der Waals surface area contributed by atoms with E-state index < -0.39 is 16.1 Å². The van der Waals surface area contributed by atoms with Gasteiger partial charge in [0.25, 0.3) is 6.71 Å². The van der Waals surface area contributed by atoms with Crippen molar-refractivity contribution in [2.45, 2.75) is 105 Å². The number of fused-ring (bicyclic) bond motifs is 10. The summed E-state index contributed by atoms with van der Waals surface area (Å²) in [6.45, 7) is 28.1. The quantitative estimate of drug-likeness (QED) is 0.0919. The van der Waals surface area contributed by atoms with E-state index in [1.54, 1.807) is 0 Å². The first-order valence-electron chi connectivity index (χ1n) is 42.4. The minimum absolute atomic E-state index is 0.0841. The Bertz CT molecular complexity index is 6660. The van der Waals surface area contributed by atoms with Crippen molar-refractivity contribution in [1.82, 2.24) is 9.13 Å². The zero-order chi connectivity index (χ0) is 81.5. The molecule has 20 rings (SSSR count). The van der Waals surface area contributed by atoms with E-state index >= 15 is 0 Å². The molecule has 0 aliphatic carbocycles. The van der Waals surface area contributed by atoms with Crippen LogP contribution in [0.3, 0.4) is 0 Å². The third-order valence-electron chi connectivity index (χ3n) is 26.0. The van der Waals surface area contributed by atoms with E-state index in [2.05, 4.69) is 479 Å². The lowest BCUT2D eigenvalue weighted by molar-refractivity contribution is 0.590. The Morgan fingerprint density at radius 3 is 1.13 bits per heavy atom. The highest BCUT2D eigenvalue weighted by Crippen LogP contribution is 2.48. The molecular weight excluding hydrogens is 1470 g/mol. The van der Waals surface area contributed by atoms with Gasteiger partial charge in [-0.25, -0.2) is 0 Å². The highest BCUT2D eigenvalue weighted by atomic mass is 28.3. The third kappa shape index (κ3) is 12.4. The van der Waals surface area contributed by atoms with E-state index in [0.29, 0.717) is 0 Å². The summed E-state index contributed by atoms with van der Waals surface area (Å²) >= 11 is 0. The minimum atomic E-state index is -3.11. The molecule has 0 radical (unpaired) electrons. The first-order valence-corrected chi connectivity index (χ1v) is 46.4. The summed E-state index contributed by atoms with van der Waals surface area (Å²) in [5.74, 6) is 0. The van der Waals surface area contributed by atoms with Gasteiger partial charge in [0.15, 0.2) is 16.1 Å². The van der Waals surface area contributed by atoms with Crippen LogP contribution < -0.4 is 68.1 Å². The Balaban J connectivity index is 0.909. The van der Waals surface area contributed by atoms with Gasteiger partial charge in [-0.1, -0.05) is 374 Å². The van der Waals surface area contributed by atoms with Crippen molar-refractivity contribution in [1.29, 1.82) is 0 Å². The van der Waals surface area contributed by atoms with Gasteiger partial charge < -0.3 is 19.4 Å². The zero-order valence-electron chi connectivity index (χ0n) is 70.2. The van der Waals surface area contributed by atoms with Crippen molar-refractivity contribution in [2.24, 2.45) is 0 Å². The Kier molecular flexibility index (Phi) is 18.0. The SMILES string of the molecule is CC(C)(C)c1cc(-c2ccc3c(c2)B2c4cc(C(C)(C)C)cc(-c5cccc([Si](c6ccccc6)(c6ccccc6)c6ccccc6)c5)c4Nc4cc(-n5c6ccc(C(C)(C)C)cc6c6cc(C(C)(C)C)ccc65)cc(c42)N3c2cccc([Si](c3ccccc3)(c3ccccc3)c3ccccc3)c2)cc(-n2c3ccccc3c3ccccc32)c1. The van der Waals surface area contributed by atoms with Crippen molar-refractivity contribution in [3.05, 3.63) is 398 Å². The summed E-state index contributed by atoms with van der Waals surface area (Å²) in [6.07, 6.45) is 0. The molecule has 18 aromatic rings. The summed E-state index contributed by atoms with van der Waals surface area (Å²) in [4.78, 5) is 2.67. The van der Waals surface area contributed by atoms with Crippen LogP contribution >= 0.6 is 0 Å². The first-order chi connectivity index (χ1) is 57.5. The van der Waals surface area contributed by atoms with Crippen LogP contribution in [0.5, 0.6) is 0 Å². The van der Waals surface area contributed by atoms with Crippen LogP contribution in [0.4, 0.5) is 28.4 Å². The summed E-state index contributed by atoms with van der Waals surface area (Å²) in [6, 6.07) is 146. The maximum absolute atomic E-state index is 4.54. The molecule has 0 saturated heterocycles. The average Bonchev–Trinajstić information content (AvgIpc) is 0.996. The van der Waals surface area contributed by atoms with Crippen molar-refractivity contribution < 1.29 is 0 Å². The van der Waals surface area contributed by atoms with Gasteiger partial charge in [0, 0.05) is 61.2 Å². The molecule has 0 spiro atoms. The van der Waals surface area contributed by atoms with Crippen LogP contribution in [-0.2, 0) is 21.7 Å². The van der Waals surface area contributed by atoms with Crippen LogP contribution in [0.1, 0.15) is 105 Å². The van der Waals surface area contributed by atoms with Gasteiger partial charge in [-0.3, -0.25) is 0 Å². The lowest BCUT2D eigenvalue weighted by atomic mass is 9.33. The van der Waals surface area contributed by atoms with Crippen molar-refractivity contribution in [3.8, 4) is 33.6 Å². The second-order valence-electron chi connectivity index (χ2n) is 37.3. The monoisotopic (exact) mass is 1570 g/mol. The fourth-order valence-electron chi connectivity index (χ4n) is 19.9. The molecule has 4 nitrogen and oxygen atoms in total. The largest absolute Gasteiger partial charge is 0.356 e. The summed E-state index contributed by atoms with van der Waals surface area (Å²) in [5.41, 5.74) is 25.5. The van der Waals surface area contributed by atoms with Crippen molar-refractivity contribution in [3.63, 3.8) is 0 Å². The van der Waals surface area contributed by atoms with Crippen molar-refractivity contribution >= 4 is 153 Å². The topological polar surface area (TPSA) is 25.1 Å². The molecule has 0 atom stereocenters. The number of rotatable bonds is 13. The molecule has 0 amide bonds. The fraction of sp³-hybridized carbons (Fsp3) is 0.143. The molecule has 578 valence electrons. The summed E-state index contributed by atoms with van der Waals surface area (Å²) in [5, 5.41) is 20.2. The van der Waals surface area contributed by atoms with Crippen molar-refractivity contribution in [2.75, 3.05) is 10.2 Å². The lowest BCUT2D eigenvalue weighted by Crippen LogP contribution is -2.74. The minimum Gasteiger partial charge on any atom is -0.356 e. The molecule has 1 N–H and O–H groups in total.